The van der Waals surface area contributed by atoms with Gasteiger partial charge in [0.15, 0.2) is 24.6 Å². The normalized spacial score (nSPS) is 23.6. The van der Waals surface area contributed by atoms with Crippen molar-refractivity contribution < 1.29 is 62.2 Å². The summed E-state index contributed by atoms with van der Waals surface area (Å²) in [5.74, 6) is -3.73. The smallest absolute Gasteiger partial charge is 0.338 e. The molecule has 5 aromatic carbocycles. The summed E-state index contributed by atoms with van der Waals surface area (Å²) in [7, 11) is 0. The van der Waals surface area contributed by atoms with Crippen LogP contribution in [-0.2, 0) is 33.2 Å². The maximum atomic E-state index is 14.1. The zero-order valence-electron chi connectivity index (χ0n) is 37.5. The summed E-state index contributed by atoms with van der Waals surface area (Å²) in [4.78, 5) is 68.2. The van der Waals surface area contributed by atoms with Gasteiger partial charge in [-0.05, 0) is 92.4 Å². The largest absolute Gasteiger partial charge is 0.459 e. The lowest BCUT2D eigenvalue weighted by Gasteiger charge is -2.48. The van der Waals surface area contributed by atoms with E-state index in [-0.39, 0.29) is 35.1 Å². The molecule has 0 aromatic heterocycles. The molecule has 13 nitrogen and oxygen atoms in total. The summed E-state index contributed by atoms with van der Waals surface area (Å²) in [6.07, 6.45) is -7.39. The van der Waals surface area contributed by atoms with Gasteiger partial charge in [-0.2, -0.15) is 0 Å². The van der Waals surface area contributed by atoms with Crippen molar-refractivity contribution in [3.63, 3.8) is 0 Å². The van der Waals surface area contributed by atoms with Gasteiger partial charge in [0.05, 0.1) is 39.5 Å². The lowest BCUT2D eigenvalue weighted by Crippen LogP contribution is -2.64. The van der Waals surface area contributed by atoms with Crippen LogP contribution in [0.3, 0.4) is 0 Å². The molecule has 1 aliphatic carbocycles. The number of benzene rings is 5. The van der Waals surface area contributed by atoms with Crippen LogP contribution in [0.4, 0.5) is 0 Å². The van der Waals surface area contributed by atoms with Crippen LogP contribution in [0.1, 0.15) is 92.3 Å². The topological polar surface area (TPSA) is 170 Å². The molecule has 0 bridgehead atoms. The van der Waals surface area contributed by atoms with Crippen LogP contribution in [-0.4, -0.2) is 90.1 Å². The molecule has 1 N–H and O–H groups in total. The standard InChI is InChI=1S/C54H52O13/c1-35(62-48(56)37-22-12-6-13-23-37)30-31-43-53(2,3)32-41(33-54(43,4)60)63-52-46(67-51(59)40-28-18-9-19-29-40)45(66-50(58)39-26-16-8-17-27-39)44(65-49(57)38-24-14-7-15-25-38)42(64-52)34-61-47(55)36-20-10-5-11-21-36/h5-30,35,41-42,44-46,52,60H,32-34H2,1-4H3/t31?,35-,41-,42+,44+,45-,46+,52+,54+/m0/s1. The number of hydrogen-bond donors (Lipinski definition) is 1. The second kappa shape index (κ2) is 21.4. The minimum atomic E-state index is -1.62. The molecule has 1 saturated heterocycles. The SMILES string of the molecule is C[C@@H](C=C=C1C(C)(C)C[C@H](O[C@@H]2O[C@H](COC(=O)c3ccccc3)[C@@H](OC(=O)c3ccccc3)[C@H](OC(=O)c3ccccc3)[C@H]2OC(=O)c2ccccc2)C[C@@]1(C)O)OC(=O)c1ccccc1. The lowest BCUT2D eigenvalue weighted by atomic mass is 9.65. The first-order valence-electron chi connectivity index (χ1n) is 22.0. The Morgan fingerprint density at radius 3 is 1.45 bits per heavy atom. The van der Waals surface area contributed by atoms with Crippen LogP contribution >= 0.6 is 0 Å². The van der Waals surface area contributed by atoms with Crippen molar-refractivity contribution >= 4 is 29.8 Å². The predicted molar refractivity (Wildman–Crippen MR) is 244 cm³/mol. The zero-order chi connectivity index (χ0) is 47.6. The van der Waals surface area contributed by atoms with Crippen LogP contribution in [0, 0.1) is 5.41 Å². The van der Waals surface area contributed by atoms with Crippen LogP contribution in [0.25, 0.3) is 0 Å². The molecule has 346 valence electrons. The molecule has 2 aliphatic rings. The second-order valence-electron chi connectivity index (χ2n) is 17.2. The Bertz CT molecular complexity index is 2540. The zero-order valence-corrected chi connectivity index (χ0v) is 37.5. The molecule has 1 saturated carbocycles. The fraction of sp³-hybridized carbons (Fsp3) is 0.296. The summed E-state index contributed by atoms with van der Waals surface area (Å²) >= 11 is 0. The Balaban J connectivity index is 1.25. The maximum Gasteiger partial charge on any atom is 0.338 e. The van der Waals surface area contributed by atoms with E-state index in [9.17, 15) is 29.1 Å². The van der Waals surface area contributed by atoms with Gasteiger partial charge in [-0.1, -0.05) is 105 Å². The fourth-order valence-electron chi connectivity index (χ4n) is 8.34. The summed E-state index contributed by atoms with van der Waals surface area (Å²) < 4.78 is 43.3. The Labute approximate surface area is 388 Å². The summed E-state index contributed by atoms with van der Waals surface area (Å²) in [5, 5.41) is 12.1. The van der Waals surface area contributed by atoms with Gasteiger partial charge < -0.3 is 38.3 Å². The number of carbonyl (C=O) groups is 5. The highest BCUT2D eigenvalue weighted by molar-refractivity contribution is 5.92. The lowest BCUT2D eigenvalue weighted by molar-refractivity contribution is -0.313. The van der Waals surface area contributed by atoms with Gasteiger partial charge in [-0.15, -0.1) is 5.73 Å². The quantitative estimate of drug-likeness (QED) is 0.0640. The Morgan fingerprint density at radius 1 is 0.597 bits per heavy atom. The van der Waals surface area contributed by atoms with Crippen molar-refractivity contribution in [2.24, 2.45) is 5.41 Å². The van der Waals surface area contributed by atoms with Gasteiger partial charge in [0.25, 0.3) is 0 Å². The molecule has 5 aromatic rings. The highest BCUT2D eigenvalue weighted by atomic mass is 16.7. The molecule has 8 atom stereocenters. The Kier molecular flexibility index (Phi) is 15.3. The van der Waals surface area contributed by atoms with E-state index in [0.717, 1.165) is 0 Å². The third-order valence-electron chi connectivity index (χ3n) is 11.4. The highest BCUT2D eigenvalue weighted by Gasteiger charge is 2.55. The van der Waals surface area contributed by atoms with Crippen molar-refractivity contribution in [3.8, 4) is 0 Å². The van der Waals surface area contributed by atoms with E-state index in [1.807, 2.05) is 13.8 Å². The number of rotatable bonds is 14. The molecule has 67 heavy (non-hydrogen) atoms. The fourth-order valence-corrected chi connectivity index (χ4v) is 8.34. The first-order valence-corrected chi connectivity index (χ1v) is 22.0. The van der Waals surface area contributed by atoms with Crippen LogP contribution in [0.5, 0.6) is 0 Å². The van der Waals surface area contributed by atoms with E-state index >= 15 is 0 Å². The van der Waals surface area contributed by atoms with Crippen molar-refractivity contribution in [3.05, 3.63) is 197 Å². The van der Waals surface area contributed by atoms with E-state index in [2.05, 4.69) is 5.73 Å². The third-order valence-corrected chi connectivity index (χ3v) is 11.4. The second-order valence-corrected chi connectivity index (χ2v) is 17.2. The molecule has 1 aliphatic heterocycles. The van der Waals surface area contributed by atoms with E-state index in [1.54, 1.807) is 135 Å². The van der Waals surface area contributed by atoms with Gasteiger partial charge in [0.2, 0.25) is 0 Å². The molecule has 0 radical (unpaired) electrons. The first-order chi connectivity index (χ1) is 32.2. The minimum absolute atomic E-state index is 0.0153. The van der Waals surface area contributed by atoms with Crippen molar-refractivity contribution in [1.82, 2.24) is 0 Å². The summed E-state index contributed by atoms with van der Waals surface area (Å²) in [6.45, 7) is 6.58. The van der Waals surface area contributed by atoms with Crippen LogP contribution < -0.4 is 0 Å². The van der Waals surface area contributed by atoms with Crippen LogP contribution in [0.2, 0.25) is 0 Å². The molecule has 2 fully saturated rings. The summed E-state index contributed by atoms with van der Waals surface area (Å²) in [5.41, 5.74) is 2.47. The molecular weight excluding hydrogens is 857 g/mol. The van der Waals surface area contributed by atoms with Crippen molar-refractivity contribution in [2.75, 3.05) is 6.61 Å². The molecule has 0 unspecified atom stereocenters. The average Bonchev–Trinajstić information content (AvgIpc) is 3.33. The summed E-state index contributed by atoms with van der Waals surface area (Å²) in [6, 6.07) is 41.1. The van der Waals surface area contributed by atoms with E-state index < -0.39 is 90.4 Å². The van der Waals surface area contributed by atoms with Gasteiger partial charge in [0, 0.05) is 12.0 Å². The average molecular weight is 909 g/mol. The van der Waals surface area contributed by atoms with E-state index in [0.29, 0.717) is 11.1 Å². The molecule has 1 heterocycles. The number of carbonyl (C=O) groups excluding carboxylic acids is 5. The molecule has 7 rings (SSSR count). The van der Waals surface area contributed by atoms with Crippen molar-refractivity contribution in [1.29, 1.82) is 0 Å². The molecule has 0 spiro atoms. The predicted octanol–water partition coefficient (Wildman–Crippen LogP) is 8.53. The highest BCUT2D eigenvalue weighted by Crippen LogP contribution is 2.47. The van der Waals surface area contributed by atoms with Gasteiger partial charge in [-0.3, -0.25) is 0 Å². The van der Waals surface area contributed by atoms with Gasteiger partial charge in [-0.25, -0.2) is 24.0 Å². The Hall–Kier alpha value is -7.15. The number of ether oxygens (including phenoxy) is 7. The van der Waals surface area contributed by atoms with E-state index in [1.165, 1.54) is 36.4 Å². The number of hydrogen-bond acceptors (Lipinski definition) is 13. The maximum absolute atomic E-state index is 14.1. The monoisotopic (exact) mass is 908 g/mol. The Morgan fingerprint density at radius 2 is 1.00 bits per heavy atom. The van der Waals surface area contributed by atoms with Gasteiger partial charge in [0.1, 0.15) is 18.8 Å². The molecular formula is C54H52O13. The molecule has 0 amide bonds. The van der Waals surface area contributed by atoms with Crippen LogP contribution in [0.15, 0.2) is 169 Å². The van der Waals surface area contributed by atoms with Crippen molar-refractivity contribution in [2.45, 2.75) is 89.1 Å². The molecule has 13 heteroatoms. The van der Waals surface area contributed by atoms with E-state index in [4.69, 9.17) is 33.2 Å². The van der Waals surface area contributed by atoms with Gasteiger partial charge >= 0.3 is 29.8 Å². The number of esters is 5. The number of aliphatic hydroxyl groups is 1. The minimum Gasteiger partial charge on any atom is -0.459 e. The first kappa shape index (κ1) is 47.8. The third kappa shape index (κ3) is 12.2.